The number of nitrogens with one attached hydrogen (secondary N) is 6. The molecule has 10 N–H and O–H groups in total. The summed E-state index contributed by atoms with van der Waals surface area (Å²) < 4.78 is 0. The number of hydrogen-bond acceptors (Lipinski definition) is 4. The number of anilines is 2. The van der Waals surface area contributed by atoms with Gasteiger partial charge in [0.2, 0.25) is 0 Å². The second-order valence-corrected chi connectivity index (χ2v) is 6.72. The number of rotatable bonds is 0. The molecular formula is C20H18N8Zn. The molecule has 0 saturated carbocycles. The molecule has 5 rings (SSSR count). The summed E-state index contributed by atoms with van der Waals surface area (Å²) in [7, 11) is 0. The van der Waals surface area contributed by atoms with E-state index < -0.39 is 0 Å². The van der Waals surface area contributed by atoms with Gasteiger partial charge in [0.25, 0.3) is 0 Å². The van der Waals surface area contributed by atoms with Crippen molar-refractivity contribution in [1.29, 1.82) is 10.8 Å². The number of nitrogens with two attached hydrogens (primary N) is 2. The fourth-order valence-corrected chi connectivity index (χ4v) is 3.37. The topological polar surface area (TPSA) is 163 Å². The molecule has 5 aromatic heterocycles. The first-order valence-electron chi connectivity index (χ1n) is 8.72. The van der Waals surface area contributed by atoms with Crippen molar-refractivity contribution in [1.82, 2.24) is 19.9 Å². The first kappa shape index (κ1) is 18.8. The van der Waals surface area contributed by atoms with Gasteiger partial charge in [-0.15, -0.1) is 0 Å². The third-order valence-electron chi connectivity index (χ3n) is 4.98. The van der Waals surface area contributed by atoms with Crippen molar-refractivity contribution >= 4 is 55.5 Å². The summed E-state index contributed by atoms with van der Waals surface area (Å²) in [5, 5.41) is 17.5. The van der Waals surface area contributed by atoms with E-state index in [-0.39, 0.29) is 19.5 Å². The standard InChI is InChI=1S/C20H18N8.Zn/c21-17-9-1-2-10(25-9)18(22)12-5-6-14(27-12)20(24)16-8-7-15(28-16)19(23)13-4-3-11(17)26-13;/h1-8,21-22,25-28H,23-24H2;. The van der Waals surface area contributed by atoms with E-state index in [2.05, 4.69) is 19.9 Å². The number of aromatic amines is 4. The zero-order valence-corrected chi connectivity index (χ0v) is 18.4. The monoisotopic (exact) mass is 434 g/mol. The van der Waals surface area contributed by atoms with Gasteiger partial charge in [-0.3, -0.25) is 10.8 Å². The van der Waals surface area contributed by atoms with Crippen molar-refractivity contribution in [3.63, 3.8) is 0 Å². The van der Waals surface area contributed by atoms with Crippen molar-refractivity contribution in [2.24, 2.45) is 0 Å². The average Bonchev–Trinajstić information content (AvgIpc) is 3.49. The number of nitrogen functional groups attached to an aromatic ring is 2. The Morgan fingerprint density at radius 3 is 0.966 bits per heavy atom. The summed E-state index contributed by atoms with van der Waals surface area (Å²) in [6.45, 7) is 0. The van der Waals surface area contributed by atoms with Gasteiger partial charge in [-0.2, -0.15) is 0 Å². The normalized spacial score (nSPS) is 11.0. The minimum atomic E-state index is 0. The molecule has 8 bridgehead atoms. The zero-order valence-electron chi connectivity index (χ0n) is 15.5. The molecule has 140 valence electrons. The first-order valence-corrected chi connectivity index (χ1v) is 8.72. The SMILES string of the molecule is N=c1c2ccc([nH]2)c(N)c2ccc([nH]2)c(N)c2ccc([nH]2)c(=N)c2ccc1[nH]2.[Zn]. The van der Waals surface area contributed by atoms with E-state index in [4.69, 9.17) is 22.3 Å². The van der Waals surface area contributed by atoms with Crippen molar-refractivity contribution in [2.75, 3.05) is 11.5 Å². The minimum absolute atomic E-state index is 0. The van der Waals surface area contributed by atoms with Crippen LogP contribution in [0.25, 0.3) is 44.1 Å². The van der Waals surface area contributed by atoms with Gasteiger partial charge in [0.05, 0.1) is 55.5 Å². The Bertz CT molecular complexity index is 1470. The molecule has 0 unspecified atom stereocenters. The average molecular weight is 436 g/mol. The van der Waals surface area contributed by atoms with Crippen LogP contribution in [0.1, 0.15) is 0 Å². The van der Waals surface area contributed by atoms with E-state index in [1.807, 2.05) is 36.4 Å². The molecule has 0 saturated heterocycles. The number of aromatic nitrogens is 4. The Balaban J connectivity index is 0.00000205. The zero-order chi connectivity index (χ0) is 19.4. The Hall–Kier alpha value is -3.58. The first-order chi connectivity index (χ1) is 13.5. The summed E-state index contributed by atoms with van der Waals surface area (Å²) >= 11 is 0. The van der Waals surface area contributed by atoms with Crippen LogP contribution in [0.5, 0.6) is 0 Å². The van der Waals surface area contributed by atoms with Gasteiger partial charge >= 0.3 is 0 Å². The molecule has 8 nitrogen and oxygen atoms in total. The molecule has 0 aliphatic heterocycles. The van der Waals surface area contributed by atoms with Crippen LogP contribution in [0.15, 0.2) is 48.5 Å². The summed E-state index contributed by atoms with van der Waals surface area (Å²) in [4.78, 5) is 12.8. The molecule has 0 aromatic carbocycles. The van der Waals surface area contributed by atoms with Gasteiger partial charge in [-0.05, 0) is 48.5 Å². The van der Waals surface area contributed by atoms with Crippen LogP contribution >= 0.6 is 0 Å². The Morgan fingerprint density at radius 2 is 0.655 bits per heavy atom. The molecule has 5 heterocycles. The number of hydrogen-bond donors (Lipinski definition) is 8. The van der Waals surface area contributed by atoms with Crippen molar-refractivity contribution in [3.05, 3.63) is 59.2 Å². The third-order valence-corrected chi connectivity index (χ3v) is 4.98. The molecule has 9 heteroatoms. The molecule has 0 fully saturated rings. The molecule has 0 aliphatic carbocycles. The van der Waals surface area contributed by atoms with Crippen LogP contribution in [0.3, 0.4) is 0 Å². The fourth-order valence-electron chi connectivity index (χ4n) is 3.37. The molecule has 0 radical (unpaired) electrons. The van der Waals surface area contributed by atoms with E-state index in [0.29, 0.717) is 55.2 Å². The van der Waals surface area contributed by atoms with Gasteiger partial charge in [0, 0.05) is 19.5 Å². The molecule has 0 atom stereocenters. The van der Waals surface area contributed by atoms with Crippen LogP contribution in [0.2, 0.25) is 0 Å². The number of H-pyrrole nitrogens is 4. The second kappa shape index (κ2) is 6.79. The van der Waals surface area contributed by atoms with Gasteiger partial charge in [-0.25, -0.2) is 0 Å². The maximum atomic E-state index is 8.48. The molecule has 0 spiro atoms. The van der Waals surface area contributed by atoms with Crippen LogP contribution in [0, 0.1) is 10.8 Å². The minimum Gasteiger partial charge on any atom is -0.395 e. The second-order valence-electron chi connectivity index (χ2n) is 6.72. The van der Waals surface area contributed by atoms with Gasteiger partial charge in [0.15, 0.2) is 0 Å². The summed E-state index contributed by atoms with van der Waals surface area (Å²) in [6.07, 6.45) is 0. The molecule has 0 amide bonds. The predicted octanol–water partition coefficient (Wildman–Crippen LogP) is 2.86. The number of fused-ring (bicyclic) bond motifs is 8. The largest absolute Gasteiger partial charge is 0.395 e. The third kappa shape index (κ3) is 2.96. The molecule has 5 aromatic rings. The van der Waals surface area contributed by atoms with Crippen LogP contribution in [0.4, 0.5) is 11.4 Å². The maximum absolute atomic E-state index is 8.48. The Kier molecular flexibility index (Phi) is 4.40. The van der Waals surface area contributed by atoms with Gasteiger partial charge in [0.1, 0.15) is 10.7 Å². The van der Waals surface area contributed by atoms with E-state index in [1.165, 1.54) is 0 Å². The Morgan fingerprint density at radius 1 is 0.448 bits per heavy atom. The molecule has 0 aliphatic rings. The van der Waals surface area contributed by atoms with Gasteiger partial charge < -0.3 is 31.4 Å². The molecule has 29 heavy (non-hydrogen) atoms. The predicted molar refractivity (Wildman–Crippen MR) is 112 cm³/mol. The van der Waals surface area contributed by atoms with E-state index in [0.717, 1.165) is 11.0 Å². The smallest absolute Gasteiger partial charge is 0.101 e. The molecular weight excluding hydrogens is 418 g/mol. The van der Waals surface area contributed by atoms with Crippen molar-refractivity contribution < 1.29 is 19.5 Å². The summed E-state index contributed by atoms with van der Waals surface area (Å²) in [6, 6.07) is 14.6. The summed E-state index contributed by atoms with van der Waals surface area (Å²) in [5.41, 5.74) is 19.1. The maximum Gasteiger partial charge on any atom is 0.101 e. The van der Waals surface area contributed by atoms with Crippen molar-refractivity contribution in [2.45, 2.75) is 0 Å². The van der Waals surface area contributed by atoms with E-state index in [9.17, 15) is 0 Å². The fraction of sp³-hybridized carbons (Fsp3) is 0. The van der Waals surface area contributed by atoms with Crippen LogP contribution in [-0.4, -0.2) is 19.9 Å². The van der Waals surface area contributed by atoms with Gasteiger partial charge in [-0.1, -0.05) is 0 Å². The Labute approximate surface area is 176 Å². The summed E-state index contributed by atoms with van der Waals surface area (Å²) in [5.74, 6) is 0. The van der Waals surface area contributed by atoms with Crippen LogP contribution < -0.4 is 22.2 Å². The quantitative estimate of drug-likeness (QED) is 0.176. The van der Waals surface area contributed by atoms with Crippen molar-refractivity contribution in [3.8, 4) is 0 Å². The van der Waals surface area contributed by atoms with Crippen LogP contribution in [-0.2, 0) is 19.5 Å². The van der Waals surface area contributed by atoms with E-state index >= 15 is 0 Å². The van der Waals surface area contributed by atoms with E-state index in [1.54, 1.807) is 12.1 Å².